The molecule has 22 heavy (non-hydrogen) atoms. The molecule has 1 unspecified atom stereocenters. The van der Waals surface area contributed by atoms with Crippen LogP contribution in [0.15, 0.2) is 36.5 Å². The average molecular weight is 319 g/mol. The zero-order valence-corrected chi connectivity index (χ0v) is 13.9. The summed E-state index contributed by atoms with van der Waals surface area (Å²) in [6.45, 7) is 8.19. The van der Waals surface area contributed by atoms with E-state index in [1.807, 2.05) is 18.3 Å². The molecule has 4 nitrogen and oxygen atoms in total. The Kier molecular flexibility index (Phi) is 4.81. The van der Waals surface area contributed by atoms with E-state index in [4.69, 9.17) is 11.6 Å². The highest BCUT2D eigenvalue weighted by Crippen LogP contribution is 2.29. The van der Waals surface area contributed by atoms with Gasteiger partial charge < -0.3 is 5.32 Å². The molecule has 0 spiro atoms. The smallest absolute Gasteiger partial charge is 0.0527 e. The van der Waals surface area contributed by atoms with Crippen molar-refractivity contribution in [2.45, 2.75) is 32.5 Å². The van der Waals surface area contributed by atoms with Crippen LogP contribution in [0, 0.1) is 0 Å². The fourth-order valence-electron chi connectivity index (χ4n) is 3.13. The molecule has 0 bridgehead atoms. The number of benzene rings is 1. The molecule has 118 valence electrons. The lowest BCUT2D eigenvalue weighted by Gasteiger charge is -2.37. The summed E-state index contributed by atoms with van der Waals surface area (Å²) in [5.41, 5.74) is 2.46. The lowest BCUT2D eigenvalue weighted by molar-refractivity contribution is 0.148. The Labute approximate surface area is 137 Å². The molecule has 1 saturated heterocycles. The van der Waals surface area contributed by atoms with Gasteiger partial charge in [0.1, 0.15) is 0 Å². The minimum Gasteiger partial charge on any atom is -0.314 e. The number of rotatable bonds is 4. The molecule has 1 aromatic carbocycles. The molecule has 1 atom stereocenters. The molecule has 0 radical (unpaired) electrons. The first-order chi connectivity index (χ1) is 10.7. The second-order valence-corrected chi connectivity index (χ2v) is 6.48. The number of aromatic nitrogens is 2. The van der Waals surface area contributed by atoms with Crippen LogP contribution in [0.3, 0.4) is 0 Å². The van der Waals surface area contributed by atoms with E-state index in [0.717, 1.165) is 31.2 Å². The van der Waals surface area contributed by atoms with E-state index >= 15 is 0 Å². The van der Waals surface area contributed by atoms with Gasteiger partial charge in [0.2, 0.25) is 0 Å². The predicted molar refractivity (Wildman–Crippen MR) is 90.1 cm³/mol. The van der Waals surface area contributed by atoms with Gasteiger partial charge in [0.05, 0.1) is 5.69 Å². The maximum atomic E-state index is 6.41. The summed E-state index contributed by atoms with van der Waals surface area (Å²) in [6.07, 6.45) is 1.89. The van der Waals surface area contributed by atoms with Gasteiger partial charge in [0, 0.05) is 49.5 Å². The van der Waals surface area contributed by atoms with Gasteiger partial charge in [-0.25, -0.2) is 0 Å². The Bertz CT molecular complexity index is 623. The zero-order valence-electron chi connectivity index (χ0n) is 13.2. The molecule has 5 heteroatoms. The molecule has 0 aliphatic carbocycles. The van der Waals surface area contributed by atoms with Crippen molar-refractivity contribution in [3.05, 3.63) is 52.8 Å². The topological polar surface area (TPSA) is 33.1 Å². The molecule has 1 aliphatic rings. The lowest BCUT2D eigenvalue weighted by atomic mass is 10.0. The van der Waals surface area contributed by atoms with E-state index in [9.17, 15) is 0 Å². The number of piperazine rings is 1. The van der Waals surface area contributed by atoms with Crippen molar-refractivity contribution in [3.8, 4) is 0 Å². The number of nitrogens with zero attached hydrogens (tertiary/aromatic N) is 3. The van der Waals surface area contributed by atoms with Gasteiger partial charge in [-0.3, -0.25) is 9.58 Å². The molecule has 0 amide bonds. The normalized spacial score (nSPS) is 19.7. The Balaban J connectivity index is 1.84. The van der Waals surface area contributed by atoms with Crippen LogP contribution in [-0.2, 0) is 6.54 Å². The van der Waals surface area contributed by atoms with Gasteiger partial charge in [-0.15, -0.1) is 0 Å². The van der Waals surface area contributed by atoms with E-state index in [1.54, 1.807) is 0 Å². The van der Waals surface area contributed by atoms with Crippen LogP contribution < -0.4 is 5.32 Å². The molecule has 1 N–H and O–H groups in total. The van der Waals surface area contributed by atoms with Crippen molar-refractivity contribution in [2.24, 2.45) is 0 Å². The molecule has 2 aromatic rings. The van der Waals surface area contributed by atoms with Crippen LogP contribution >= 0.6 is 11.6 Å². The van der Waals surface area contributed by atoms with E-state index in [-0.39, 0.29) is 0 Å². The third-order valence-corrected chi connectivity index (χ3v) is 4.57. The molecular weight excluding hydrogens is 296 g/mol. The van der Waals surface area contributed by atoms with Crippen LogP contribution in [0.1, 0.15) is 37.2 Å². The first kappa shape index (κ1) is 15.5. The molecule has 2 heterocycles. The standard InChI is InChI=1S/C17H23ClN4/c1-13(2)22-14(7-8-20-22)12-21-10-9-19-11-17(21)15-5-3-4-6-16(15)18/h3-8,13,17,19H,9-12H2,1-2H3. The summed E-state index contributed by atoms with van der Waals surface area (Å²) < 4.78 is 2.10. The van der Waals surface area contributed by atoms with Crippen molar-refractivity contribution in [2.75, 3.05) is 19.6 Å². The number of hydrogen-bond donors (Lipinski definition) is 1. The molecule has 1 aromatic heterocycles. The Morgan fingerprint density at radius 1 is 1.32 bits per heavy atom. The molecule has 3 rings (SSSR count). The quantitative estimate of drug-likeness (QED) is 0.939. The molecule has 1 aliphatic heterocycles. The number of halogens is 1. The second-order valence-electron chi connectivity index (χ2n) is 6.07. The highest BCUT2D eigenvalue weighted by molar-refractivity contribution is 6.31. The SMILES string of the molecule is CC(C)n1nccc1CN1CCNCC1c1ccccc1Cl. The first-order valence-electron chi connectivity index (χ1n) is 7.88. The van der Waals surface area contributed by atoms with Gasteiger partial charge in [-0.05, 0) is 31.5 Å². The van der Waals surface area contributed by atoms with Gasteiger partial charge >= 0.3 is 0 Å². The van der Waals surface area contributed by atoms with Crippen molar-refractivity contribution in [1.29, 1.82) is 0 Å². The van der Waals surface area contributed by atoms with Crippen LogP contribution in [0.4, 0.5) is 0 Å². The van der Waals surface area contributed by atoms with E-state index in [0.29, 0.717) is 12.1 Å². The summed E-state index contributed by atoms with van der Waals surface area (Å²) >= 11 is 6.41. The lowest BCUT2D eigenvalue weighted by Crippen LogP contribution is -2.45. The van der Waals surface area contributed by atoms with Gasteiger partial charge in [0.15, 0.2) is 0 Å². The maximum absolute atomic E-state index is 6.41. The maximum Gasteiger partial charge on any atom is 0.0527 e. The summed E-state index contributed by atoms with van der Waals surface area (Å²) in [7, 11) is 0. The fraction of sp³-hybridized carbons (Fsp3) is 0.471. The van der Waals surface area contributed by atoms with Gasteiger partial charge in [-0.1, -0.05) is 29.8 Å². The van der Waals surface area contributed by atoms with Crippen molar-refractivity contribution in [1.82, 2.24) is 20.0 Å². The Hall–Kier alpha value is -1.36. The monoisotopic (exact) mass is 318 g/mol. The minimum atomic E-state index is 0.304. The Morgan fingerprint density at radius 2 is 2.14 bits per heavy atom. The zero-order chi connectivity index (χ0) is 15.5. The van der Waals surface area contributed by atoms with E-state index < -0.39 is 0 Å². The van der Waals surface area contributed by atoms with Crippen molar-refractivity contribution < 1.29 is 0 Å². The van der Waals surface area contributed by atoms with Crippen LogP contribution in [0.5, 0.6) is 0 Å². The van der Waals surface area contributed by atoms with Gasteiger partial charge in [0.25, 0.3) is 0 Å². The summed E-state index contributed by atoms with van der Waals surface area (Å²) in [6, 6.07) is 11.0. The van der Waals surface area contributed by atoms with E-state index in [2.05, 4.69) is 52.0 Å². The predicted octanol–water partition coefficient (Wildman–Crippen LogP) is 3.26. The summed E-state index contributed by atoms with van der Waals surface area (Å²) in [5, 5.41) is 8.78. The second kappa shape index (κ2) is 6.82. The first-order valence-corrected chi connectivity index (χ1v) is 8.26. The number of nitrogens with one attached hydrogen (secondary N) is 1. The van der Waals surface area contributed by atoms with E-state index in [1.165, 1.54) is 11.3 Å². The van der Waals surface area contributed by atoms with Crippen LogP contribution in [0.2, 0.25) is 5.02 Å². The largest absolute Gasteiger partial charge is 0.314 e. The summed E-state index contributed by atoms with van der Waals surface area (Å²) in [5.74, 6) is 0. The van der Waals surface area contributed by atoms with Crippen molar-refractivity contribution >= 4 is 11.6 Å². The number of hydrogen-bond acceptors (Lipinski definition) is 3. The Morgan fingerprint density at radius 3 is 2.91 bits per heavy atom. The summed E-state index contributed by atoms with van der Waals surface area (Å²) in [4.78, 5) is 2.49. The average Bonchev–Trinajstić information content (AvgIpc) is 2.97. The molecule has 1 fully saturated rings. The fourth-order valence-corrected chi connectivity index (χ4v) is 3.39. The van der Waals surface area contributed by atoms with Gasteiger partial charge in [-0.2, -0.15) is 5.10 Å². The third kappa shape index (κ3) is 3.19. The third-order valence-electron chi connectivity index (χ3n) is 4.22. The highest BCUT2D eigenvalue weighted by atomic mass is 35.5. The minimum absolute atomic E-state index is 0.304. The highest BCUT2D eigenvalue weighted by Gasteiger charge is 2.26. The molecule has 0 saturated carbocycles. The molecular formula is C17H23ClN4. The van der Waals surface area contributed by atoms with Crippen molar-refractivity contribution in [3.63, 3.8) is 0 Å². The van der Waals surface area contributed by atoms with Crippen LogP contribution in [0.25, 0.3) is 0 Å². The van der Waals surface area contributed by atoms with Crippen LogP contribution in [-0.4, -0.2) is 34.3 Å².